The molecule has 0 saturated carbocycles. The monoisotopic (exact) mass is 477 g/mol. The number of carbonyl (C=O) groups is 3. The van der Waals surface area contributed by atoms with Gasteiger partial charge in [0.15, 0.2) is 17.3 Å². The molecule has 0 unspecified atom stereocenters. The number of phenolic OH excluding ortho intramolecular Hbond substituents is 2. The summed E-state index contributed by atoms with van der Waals surface area (Å²) in [7, 11) is 1.60. The standard InChI is InChI=1S/C27H27NO7/c1-13-23(31)21(15(3)29)25-22(24(13)32)27(4)19(35-25)12-18(30)20(26(27)33)14(2)28-11-10-16-6-8-17(34-5)9-7-16/h6-9,12,28,31-32H,10-11H2,1-5H3/t27-/m0/s1. The molecular formula is C27H27NO7. The largest absolute Gasteiger partial charge is 0.507 e. The van der Waals surface area contributed by atoms with Crippen LogP contribution in [0.1, 0.15) is 47.8 Å². The molecule has 1 heterocycles. The lowest BCUT2D eigenvalue weighted by Crippen LogP contribution is -2.41. The van der Waals surface area contributed by atoms with Crippen molar-refractivity contribution in [3.05, 3.63) is 69.6 Å². The van der Waals surface area contributed by atoms with Crippen LogP contribution in [0.15, 0.2) is 47.4 Å². The number of hydrogen-bond donors (Lipinski definition) is 3. The smallest absolute Gasteiger partial charge is 0.194 e. The molecule has 0 radical (unpaired) electrons. The summed E-state index contributed by atoms with van der Waals surface area (Å²) >= 11 is 0. The van der Waals surface area contributed by atoms with E-state index >= 15 is 0 Å². The zero-order chi connectivity index (χ0) is 25.7. The number of ketones is 3. The van der Waals surface area contributed by atoms with Crippen LogP contribution < -0.4 is 14.8 Å². The maximum atomic E-state index is 13.8. The van der Waals surface area contributed by atoms with Gasteiger partial charge >= 0.3 is 0 Å². The molecule has 1 atom stereocenters. The van der Waals surface area contributed by atoms with Crippen LogP contribution in [0.5, 0.6) is 23.0 Å². The van der Waals surface area contributed by atoms with E-state index in [0.29, 0.717) is 18.7 Å². The van der Waals surface area contributed by atoms with E-state index in [-0.39, 0.29) is 39.5 Å². The number of phenols is 2. The van der Waals surface area contributed by atoms with Gasteiger partial charge in [0.25, 0.3) is 0 Å². The predicted octanol–water partition coefficient (Wildman–Crippen LogP) is 3.41. The van der Waals surface area contributed by atoms with Gasteiger partial charge in [0.2, 0.25) is 0 Å². The number of carbonyl (C=O) groups excluding carboxylic acids is 3. The lowest BCUT2D eigenvalue weighted by molar-refractivity contribution is -0.123. The van der Waals surface area contributed by atoms with E-state index in [1.54, 1.807) is 21.0 Å². The molecule has 1 aliphatic carbocycles. The Morgan fingerprint density at radius 3 is 2.37 bits per heavy atom. The highest BCUT2D eigenvalue weighted by atomic mass is 16.5. The van der Waals surface area contributed by atoms with Crippen molar-refractivity contribution in [3.8, 4) is 23.0 Å². The second kappa shape index (κ2) is 8.61. The Morgan fingerprint density at radius 1 is 1.11 bits per heavy atom. The van der Waals surface area contributed by atoms with Crippen LogP contribution in [0.3, 0.4) is 0 Å². The Hall–Kier alpha value is -4.07. The molecule has 0 fully saturated rings. The molecule has 35 heavy (non-hydrogen) atoms. The third-order valence-electron chi connectivity index (χ3n) is 6.72. The number of methoxy groups -OCH3 is 1. The van der Waals surface area contributed by atoms with E-state index < -0.39 is 28.5 Å². The fourth-order valence-electron chi connectivity index (χ4n) is 4.64. The first-order chi connectivity index (χ1) is 16.5. The van der Waals surface area contributed by atoms with Gasteiger partial charge in [0, 0.05) is 23.9 Å². The van der Waals surface area contributed by atoms with Crippen LogP contribution in [-0.4, -0.2) is 41.2 Å². The fraction of sp³-hybridized carbons (Fsp3) is 0.296. The summed E-state index contributed by atoms with van der Waals surface area (Å²) in [5.41, 5.74) is -0.106. The molecule has 0 bridgehead atoms. The summed E-state index contributed by atoms with van der Waals surface area (Å²) in [5, 5.41) is 24.5. The molecule has 0 amide bonds. The SMILES string of the molecule is COc1ccc(CCNC(C)=C2C(=O)C=C3Oc4c(C(C)=O)c(O)c(C)c(O)c4[C@@]3(C)C2=O)cc1. The molecule has 0 aromatic heterocycles. The Morgan fingerprint density at radius 2 is 1.77 bits per heavy atom. The zero-order valence-corrected chi connectivity index (χ0v) is 20.2. The van der Waals surface area contributed by atoms with E-state index in [2.05, 4.69) is 5.32 Å². The highest BCUT2D eigenvalue weighted by Crippen LogP contribution is 2.57. The van der Waals surface area contributed by atoms with Gasteiger partial charge < -0.3 is 25.0 Å². The number of benzene rings is 2. The minimum atomic E-state index is -1.52. The van der Waals surface area contributed by atoms with Crippen LogP contribution in [0, 0.1) is 6.92 Å². The molecule has 8 heteroatoms. The third-order valence-corrected chi connectivity index (χ3v) is 6.72. The fourth-order valence-corrected chi connectivity index (χ4v) is 4.64. The van der Waals surface area contributed by atoms with Gasteiger partial charge in [-0.05, 0) is 51.8 Å². The Labute approximate surface area is 202 Å². The second-order valence-electron chi connectivity index (χ2n) is 8.91. The maximum absolute atomic E-state index is 13.8. The minimum Gasteiger partial charge on any atom is -0.507 e. The molecule has 2 aliphatic rings. The summed E-state index contributed by atoms with van der Waals surface area (Å²) in [6.07, 6.45) is 1.86. The minimum absolute atomic E-state index is 0.0140. The molecule has 0 spiro atoms. The number of rotatable bonds is 6. The van der Waals surface area contributed by atoms with Crippen LogP contribution in [-0.2, 0) is 21.4 Å². The van der Waals surface area contributed by atoms with Crippen molar-refractivity contribution < 1.29 is 34.1 Å². The summed E-state index contributed by atoms with van der Waals surface area (Å²) in [6.45, 7) is 6.38. The summed E-state index contributed by atoms with van der Waals surface area (Å²) in [6, 6.07) is 7.61. The van der Waals surface area contributed by atoms with Crippen molar-refractivity contribution in [3.63, 3.8) is 0 Å². The van der Waals surface area contributed by atoms with Gasteiger partial charge in [-0.25, -0.2) is 0 Å². The predicted molar refractivity (Wildman–Crippen MR) is 128 cm³/mol. The molecule has 2 aromatic rings. The van der Waals surface area contributed by atoms with Crippen molar-refractivity contribution in [2.24, 2.45) is 0 Å². The second-order valence-corrected chi connectivity index (χ2v) is 8.91. The molecular weight excluding hydrogens is 450 g/mol. The topological polar surface area (TPSA) is 122 Å². The number of aromatic hydroxyl groups is 2. The lowest BCUT2D eigenvalue weighted by atomic mass is 9.70. The van der Waals surface area contributed by atoms with Crippen LogP contribution >= 0.6 is 0 Å². The van der Waals surface area contributed by atoms with Gasteiger partial charge in [0.05, 0.1) is 18.2 Å². The number of allylic oxidation sites excluding steroid dienone is 4. The number of nitrogens with one attached hydrogen (secondary N) is 1. The molecule has 8 nitrogen and oxygen atoms in total. The van der Waals surface area contributed by atoms with Crippen LogP contribution in [0.25, 0.3) is 0 Å². The van der Waals surface area contributed by atoms with Crippen molar-refractivity contribution in [2.75, 3.05) is 13.7 Å². The molecule has 1 aliphatic heterocycles. The first-order valence-corrected chi connectivity index (χ1v) is 11.2. The van der Waals surface area contributed by atoms with Gasteiger partial charge in [-0.1, -0.05) is 12.1 Å². The average Bonchev–Trinajstić information content (AvgIpc) is 3.11. The number of Topliss-reactive ketones (excluding diaryl/α,β-unsaturated/α-hetero) is 2. The van der Waals surface area contributed by atoms with Gasteiger partial charge in [-0.15, -0.1) is 0 Å². The Balaban J connectivity index is 1.70. The van der Waals surface area contributed by atoms with E-state index in [1.807, 2.05) is 24.3 Å². The highest BCUT2D eigenvalue weighted by molar-refractivity contribution is 6.31. The van der Waals surface area contributed by atoms with E-state index in [1.165, 1.54) is 19.9 Å². The van der Waals surface area contributed by atoms with Gasteiger partial charge in [-0.2, -0.15) is 0 Å². The number of ether oxygens (including phenoxy) is 2. The molecule has 4 rings (SSSR count). The lowest BCUT2D eigenvalue weighted by Gasteiger charge is -2.29. The zero-order valence-electron chi connectivity index (χ0n) is 20.2. The normalized spacial score (nSPS) is 20.0. The van der Waals surface area contributed by atoms with E-state index in [9.17, 15) is 24.6 Å². The number of fused-ring (bicyclic) bond motifs is 3. The van der Waals surface area contributed by atoms with Crippen molar-refractivity contribution in [2.45, 2.75) is 39.5 Å². The molecule has 2 aromatic carbocycles. The average molecular weight is 478 g/mol. The van der Waals surface area contributed by atoms with Crippen molar-refractivity contribution >= 4 is 17.3 Å². The molecule has 182 valence electrons. The third kappa shape index (κ3) is 3.65. The van der Waals surface area contributed by atoms with Gasteiger partial charge in [-0.3, -0.25) is 14.4 Å². The first kappa shape index (κ1) is 24.1. The maximum Gasteiger partial charge on any atom is 0.194 e. The Kier molecular flexibility index (Phi) is 5.92. The van der Waals surface area contributed by atoms with Crippen molar-refractivity contribution in [1.82, 2.24) is 5.32 Å². The van der Waals surface area contributed by atoms with E-state index in [0.717, 1.165) is 11.3 Å². The van der Waals surface area contributed by atoms with Crippen LogP contribution in [0.2, 0.25) is 0 Å². The van der Waals surface area contributed by atoms with E-state index in [4.69, 9.17) is 9.47 Å². The first-order valence-electron chi connectivity index (χ1n) is 11.2. The summed E-state index contributed by atoms with van der Waals surface area (Å²) in [4.78, 5) is 39.0. The van der Waals surface area contributed by atoms with Crippen molar-refractivity contribution in [1.29, 1.82) is 0 Å². The summed E-state index contributed by atoms with van der Waals surface area (Å²) < 4.78 is 10.9. The number of hydrogen-bond acceptors (Lipinski definition) is 8. The highest BCUT2D eigenvalue weighted by Gasteiger charge is 2.56. The summed E-state index contributed by atoms with van der Waals surface area (Å²) in [5.74, 6) is -1.66. The van der Waals surface area contributed by atoms with Crippen LogP contribution in [0.4, 0.5) is 0 Å². The Bertz CT molecular complexity index is 1330. The quantitative estimate of drug-likeness (QED) is 0.329. The molecule has 3 N–H and O–H groups in total. The van der Waals surface area contributed by atoms with Gasteiger partial charge in [0.1, 0.15) is 39.7 Å². The molecule has 0 saturated heterocycles.